The Bertz CT molecular complexity index is 728. The van der Waals surface area contributed by atoms with Crippen LogP contribution in [0.4, 0.5) is 0 Å². The average Bonchev–Trinajstić information content (AvgIpc) is 2.80. The van der Waals surface area contributed by atoms with Crippen molar-refractivity contribution in [3.63, 3.8) is 0 Å². The van der Waals surface area contributed by atoms with Crippen molar-refractivity contribution < 1.29 is 0 Å². The highest BCUT2D eigenvalue weighted by molar-refractivity contribution is 6.35. The third-order valence-electron chi connectivity index (χ3n) is 3.91. The van der Waals surface area contributed by atoms with Crippen LogP contribution in [0.25, 0.3) is 10.9 Å². The second kappa shape index (κ2) is 5.34. The lowest BCUT2D eigenvalue weighted by atomic mass is 10.0. The van der Waals surface area contributed by atoms with Crippen molar-refractivity contribution >= 4 is 22.5 Å². The van der Waals surface area contributed by atoms with E-state index in [4.69, 9.17) is 11.6 Å². The molecule has 102 valence electrons. The monoisotopic (exact) mass is 283 g/mol. The van der Waals surface area contributed by atoms with Crippen LogP contribution in [-0.2, 0) is 0 Å². The number of hydrogen-bond acceptors (Lipinski definition) is 0. The molecule has 1 aromatic heterocycles. The number of rotatable bonds is 3. The minimum Gasteiger partial charge on any atom is -0.339 e. The Kier molecular flexibility index (Phi) is 3.54. The molecule has 0 N–H and O–H groups in total. The van der Waals surface area contributed by atoms with Gasteiger partial charge in [0.1, 0.15) is 0 Å². The molecular formula is C18H18ClN. The van der Waals surface area contributed by atoms with Gasteiger partial charge in [-0.3, -0.25) is 0 Å². The van der Waals surface area contributed by atoms with Gasteiger partial charge in [0.2, 0.25) is 0 Å². The maximum absolute atomic E-state index is 6.44. The van der Waals surface area contributed by atoms with Crippen LogP contribution in [-0.4, -0.2) is 4.57 Å². The zero-order valence-electron chi connectivity index (χ0n) is 11.8. The van der Waals surface area contributed by atoms with Gasteiger partial charge in [0.05, 0.1) is 16.6 Å². The van der Waals surface area contributed by atoms with E-state index in [0.717, 1.165) is 17.0 Å². The second-order valence-corrected chi connectivity index (χ2v) is 5.60. The van der Waals surface area contributed by atoms with Gasteiger partial charge in [0.25, 0.3) is 0 Å². The second-order valence-electron chi connectivity index (χ2n) is 5.19. The van der Waals surface area contributed by atoms with Gasteiger partial charge in [-0.25, -0.2) is 0 Å². The van der Waals surface area contributed by atoms with Gasteiger partial charge in [-0.05, 0) is 30.5 Å². The Balaban J connectivity index is 2.23. The summed E-state index contributed by atoms with van der Waals surface area (Å²) in [5, 5.41) is 2.07. The molecule has 2 heteroatoms. The van der Waals surface area contributed by atoms with Gasteiger partial charge in [-0.1, -0.05) is 61.0 Å². The topological polar surface area (TPSA) is 4.93 Å². The summed E-state index contributed by atoms with van der Waals surface area (Å²) in [7, 11) is 0. The van der Waals surface area contributed by atoms with Gasteiger partial charge in [0.15, 0.2) is 0 Å². The summed E-state index contributed by atoms with van der Waals surface area (Å²) in [5.74, 6) is 0. The third kappa shape index (κ3) is 2.12. The molecule has 1 heterocycles. The fourth-order valence-electron chi connectivity index (χ4n) is 2.95. The fourth-order valence-corrected chi connectivity index (χ4v) is 3.22. The molecule has 0 fully saturated rings. The summed E-state index contributed by atoms with van der Waals surface area (Å²) in [6.07, 6.45) is 3.26. The first kappa shape index (κ1) is 13.3. The molecule has 0 amide bonds. The lowest BCUT2D eigenvalue weighted by molar-refractivity contribution is 0.585. The first-order valence-corrected chi connectivity index (χ1v) is 7.40. The number of aryl methyl sites for hydroxylation is 1. The summed E-state index contributed by atoms with van der Waals surface area (Å²) in [5.41, 5.74) is 3.74. The number of benzene rings is 2. The maximum Gasteiger partial charge on any atom is 0.0678 e. The molecule has 1 atom stereocenters. The molecule has 0 aliphatic rings. The number of hydrogen-bond donors (Lipinski definition) is 0. The first-order chi connectivity index (χ1) is 9.72. The van der Waals surface area contributed by atoms with Gasteiger partial charge >= 0.3 is 0 Å². The quantitative estimate of drug-likeness (QED) is 0.589. The molecule has 3 aromatic rings. The molecule has 20 heavy (non-hydrogen) atoms. The zero-order chi connectivity index (χ0) is 14.1. The van der Waals surface area contributed by atoms with Crippen molar-refractivity contribution in [2.45, 2.75) is 26.3 Å². The van der Waals surface area contributed by atoms with Gasteiger partial charge < -0.3 is 4.57 Å². The lowest BCUT2D eigenvalue weighted by Gasteiger charge is -2.19. The highest BCUT2D eigenvalue weighted by Crippen LogP contribution is 2.33. The maximum atomic E-state index is 6.44. The first-order valence-electron chi connectivity index (χ1n) is 7.03. The standard InChI is InChI=1S/C18H18ClN/c1-3-17(14-8-5-4-6-9-14)20-12-13(2)15-10-7-11-16(19)18(15)20/h4-12,17H,3H2,1-2H3. The van der Waals surface area contributed by atoms with E-state index in [1.807, 2.05) is 12.1 Å². The molecule has 2 aromatic carbocycles. The van der Waals surface area contributed by atoms with Crippen LogP contribution in [0.3, 0.4) is 0 Å². The predicted molar refractivity (Wildman–Crippen MR) is 86.6 cm³/mol. The molecular weight excluding hydrogens is 266 g/mol. The molecule has 0 aliphatic heterocycles. The van der Waals surface area contributed by atoms with Crippen LogP contribution in [0.1, 0.15) is 30.5 Å². The minimum absolute atomic E-state index is 0.326. The van der Waals surface area contributed by atoms with Gasteiger partial charge in [-0.15, -0.1) is 0 Å². The number of nitrogens with zero attached hydrogens (tertiary/aromatic N) is 1. The van der Waals surface area contributed by atoms with Crippen molar-refractivity contribution in [1.82, 2.24) is 4.57 Å². The SMILES string of the molecule is CCC(c1ccccc1)n1cc(C)c2cccc(Cl)c21. The molecule has 0 bridgehead atoms. The molecule has 1 nitrogen and oxygen atoms in total. The normalized spacial score (nSPS) is 12.8. The van der Waals surface area contributed by atoms with E-state index in [9.17, 15) is 0 Å². The van der Waals surface area contributed by atoms with Crippen molar-refractivity contribution in [2.75, 3.05) is 0 Å². The number of para-hydroxylation sites is 1. The van der Waals surface area contributed by atoms with Gasteiger partial charge in [-0.2, -0.15) is 0 Å². The van der Waals surface area contributed by atoms with Crippen LogP contribution in [0.15, 0.2) is 54.7 Å². The van der Waals surface area contributed by atoms with E-state index < -0.39 is 0 Å². The van der Waals surface area contributed by atoms with Crippen LogP contribution in [0.2, 0.25) is 5.02 Å². The average molecular weight is 284 g/mol. The largest absolute Gasteiger partial charge is 0.339 e. The predicted octanol–water partition coefficient (Wildman–Crippen LogP) is 5.60. The Labute approximate surface area is 124 Å². The van der Waals surface area contributed by atoms with Gasteiger partial charge in [0, 0.05) is 11.6 Å². The summed E-state index contributed by atoms with van der Waals surface area (Å²) in [6, 6.07) is 17.1. The van der Waals surface area contributed by atoms with Crippen LogP contribution in [0, 0.1) is 6.92 Å². The Morgan fingerprint density at radius 3 is 2.50 bits per heavy atom. The van der Waals surface area contributed by atoms with E-state index in [1.165, 1.54) is 16.5 Å². The smallest absolute Gasteiger partial charge is 0.0678 e. The van der Waals surface area contributed by atoms with Crippen LogP contribution >= 0.6 is 11.6 Å². The zero-order valence-corrected chi connectivity index (χ0v) is 12.6. The van der Waals surface area contributed by atoms with E-state index in [1.54, 1.807) is 0 Å². The number of fused-ring (bicyclic) bond motifs is 1. The molecule has 1 unspecified atom stereocenters. The van der Waals surface area contributed by atoms with Crippen molar-refractivity contribution in [2.24, 2.45) is 0 Å². The van der Waals surface area contributed by atoms with E-state index in [0.29, 0.717) is 6.04 Å². The summed E-state index contributed by atoms with van der Waals surface area (Å²) >= 11 is 6.44. The minimum atomic E-state index is 0.326. The third-order valence-corrected chi connectivity index (χ3v) is 4.21. The number of aromatic nitrogens is 1. The summed E-state index contributed by atoms with van der Waals surface area (Å²) in [6.45, 7) is 4.36. The van der Waals surface area contributed by atoms with E-state index in [2.05, 4.69) is 61.0 Å². The Morgan fingerprint density at radius 2 is 1.80 bits per heavy atom. The van der Waals surface area contributed by atoms with Crippen molar-refractivity contribution in [1.29, 1.82) is 0 Å². The molecule has 0 saturated carbocycles. The van der Waals surface area contributed by atoms with Crippen molar-refractivity contribution in [3.8, 4) is 0 Å². The van der Waals surface area contributed by atoms with E-state index in [-0.39, 0.29) is 0 Å². The summed E-state index contributed by atoms with van der Waals surface area (Å²) < 4.78 is 2.32. The van der Waals surface area contributed by atoms with Crippen LogP contribution < -0.4 is 0 Å². The molecule has 0 aliphatic carbocycles. The highest BCUT2D eigenvalue weighted by Gasteiger charge is 2.16. The lowest BCUT2D eigenvalue weighted by Crippen LogP contribution is -2.08. The molecule has 3 rings (SSSR count). The van der Waals surface area contributed by atoms with Crippen molar-refractivity contribution in [3.05, 3.63) is 70.9 Å². The molecule has 0 radical (unpaired) electrons. The Morgan fingerprint density at radius 1 is 1.05 bits per heavy atom. The fraction of sp³-hybridized carbons (Fsp3) is 0.222. The highest BCUT2D eigenvalue weighted by atomic mass is 35.5. The van der Waals surface area contributed by atoms with E-state index >= 15 is 0 Å². The number of halogens is 1. The molecule has 0 saturated heterocycles. The van der Waals surface area contributed by atoms with Crippen LogP contribution in [0.5, 0.6) is 0 Å². The molecule has 0 spiro atoms. The summed E-state index contributed by atoms with van der Waals surface area (Å²) in [4.78, 5) is 0. The Hall–Kier alpha value is -1.73.